The average molecular weight is 569 g/mol. The summed E-state index contributed by atoms with van der Waals surface area (Å²) >= 11 is 1.58. The molecule has 4 rings (SSSR count). The van der Waals surface area contributed by atoms with E-state index in [4.69, 9.17) is 14.6 Å². The summed E-state index contributed by atoms with van der Waals surface area (Å²) in [4.78, 5) is 22.9. The third kappa shape index (κ3) is 8.88. The maximum Gasteiger partial charge on any atom is 0.303 e. The number of aliphatic hydroxyl groups excluding tert-OH is 1. The predicted molar refractivity (Wildman–Crippen MR) is 151 cm³/mol. The Morgan fingerprint density at radius 1 is 1.00 bits per heavy atom. The number of unbranched alkanes of at least 4 members (excludes halogenated alkanes) is 3. The van der Waals surface area contributed by atoms with Crippen LogP contribution in [0, 0.1) is 0 Å². The summed E-state index contributed by atoms with van der Waals surface area (Å²) in [6, 6.07) is 15.3. The predicted octanol–water partition coefficient (Wildman–Crippen LogP) is 5.01. The first-order valence-electron chi connectivity index (χ1n) is 13.5. The van der Waals surface area contributed by atoms with Gasteiger partial charge in [-0.1, -0.05) is 61.0 Å². The molecular weight excluding hydrogens is 532 g/mol. The van der Waals surface area contributed by atoms with E-state index in [1.165, 1.54) is 0 Å². The van der Waals surface area contributed by atoms with Crippen LogP contribution in [0.4, 0.5) is 5.69 Å². The van der Waals surface area contributed by atoms with Gasteiger partial charge in [0.25, 0.3) is 0 Å². The number of carbonyl (C=O) groups excluding carboxylic acids is 1. The molecule has 3 aromatic rings. The molecule has 0 bridgehead atoms. The third-order valence-corrected chi connectivity index (χ3v) is 7.86. The van der Waals surface area contributed by atoms with Crippen LogP contribution in [-0.4, -0.2) is 48.7 Å². The van der Waals surface area contributed by atoms with Crippen molar-refractivity contribution in [3.05, 3.63) is 71.5 Å². The normalized spacial score (nSPS) is 18.9. The lowest BCUT2D eigenvalue weighted by Crippen LogP contribution is -2.31. The quantitative estimate of drug-likeness (QED) is 0.181. The van der Waals surface area contributed by atoms with Gasteiger partial charge >= 0.3 is 5.97 Å². The summed E-state index contributed by atoms with van der Waals surface area (Å²) in [6.07, 6.45) is 5.03. The first-order valence-corrected chi connectivity index (χ1v) is 14.5. The van der Waals surface area contributed by atoms with E-state index in [1.54, 1.807) is 18.1 Å². The minimum atomic E-state index is -0.784. The fourth-order valence-corrected chi connectivity index (χ4v) is 5.36. The molecule has 1 aliphatic heterocycles. The highest BCUT2D eigenvalue weighted by Crippen LogP contribution is 2.39. The molecule has 0 radical (unpaired) electrons. The third-order valence-electron chi connectivity index (χ3n) is 6.69. The molecule has 1 amide bonds. The van der Waals surface area contributed by atoms with Crippen molar-refractivity contribution in [1.82, 2.24) is 14.8 Å². The van der Waals surface area contributed by atoms with Crippen LogP contribution in [0.25, 0.3) is 0 Å². The Morgan fingerprint density at radius 2 is 1.70 bits per heavy atom. The van der Waals surface area contributed by atoms with E-state index in [2.05, 4.69) is 15.5 Å². The highest BCUT2D eigenvalue weighted by molar-refractivity contribution is 7.99. The van der Waals surface area contributed by atoms with Crippen LogP contribution in [-0.2, 0) is 32.7 Å². The zero-order valence-corrected chi connectivity index (χ0v) is 23.4. The van der Waals surface area contributed by atoms with Gasteiger partial charge in [-0.25, -0.2) is 0 Å². The van der Waals surface area contributed by atoms with Crippen LogP contribution in [0.15, 0.2) is 60.0 Å². The number of rotatable bonds is 14. The maximum atomic E-state index is 12.3. The van der Waals surface area contributed by atoms with Gasteiger partial charge in [0.1, 0.15) is 6.33 Å². The molecular formula is C29H36N4O6S. The molecule has 0 saturated carbocycles. The van der Waals surface area contributed by atoms with E-state index in [1.807, 2.05) is 60.1 Å². The molecule has 2 heterocycles. The summed E-state index contributed by atoms with van der Waals surface area (Å²) in [5, 5.41) is 29.9. The molecule has 1 fully saturated rings. The second kappa shape index (κ2) is 14.9. The van der Waals surface area contributed by atoms with Crippen LogP contribution >= 0.6 is 11.8 Å². The smallest absolute Gasteiger partial charge is 0.303 e. The summed E-state index contributed by atoms with van der Waals surface area (Å²) in [7, 11) is 1.91. The minimum Gasteiger partial charge on any atom is -0.481 e. The lowest BCUT2D eigenvalue weighted by atomic mass is 10.0. The van der Waals surface area contributed by atoms with Crippen LogP contribution in [0.2, 0.25) is 0 Å². The maximum absolute atomic E-state index is 12.3. The molecule has 0 unspecified atom stereocenters. The van der Waals surface area contributed by atoms with E-state index in [0.717, 1.165) is 41.1 Å². The summed E-state index contributed by atoms with van der Waals surface area (Å²) in [5.41, 5.74) is 3.41. The number of hydrogen-bond acceptors (Lipinski definition) is 8. The van der Waals surface area contributed by atoms with Gasteiger partial charge in [0.05, 0.1) is 18.8 Å². The van der Waals surface area contributed by atoms with Gasteiger partial charge in [-0.05, 0) is 36.1 Å². The lowest BCUT2D eigenvalue weighted by molar-refractivity contribution is -0.245. The number of carboxylic acid groups (broad SMARTS) is 1. The van der Waals surface area contributed by atoms with E-state index in [0.29, 0.717) is 30.7 Å². The summed E-state index contributed by atoms with van der Waals surface area (Å²) < 4.78 is 14.6. The van der Waals surface area contributed by atoms with Crippen molar-refractivity contribution in [2.45, 2.75) is 75.2 Å². The number of nitrogens with one attached hydrogen (secondary N) is 1. The molecule has 3 atom stereocenters. The van der Waals surface area contributed by atoms with Crippen molar-refractivity contribution in [2.24, 2.45) is 7.05 Å². The Kier molecular flexibility index (Phi) is 11.1. The molecule has 214 valence electrons. The molecule has 1 saturated heterocycles. The van der Waals surface area contributed by atoms with Crippen LogP contribution in [0.1, 0.15) is 74.0 Å². The van der Waals surface area contributed by atoms with Crippen LogP contribution in [0.3, 0.4) is 0 Å². The number of ether oxygens (including phenoxy) is 2. The fourth-order valence-electron chi connectivity index (χ4n) is 4.46. The summed E-state index contributed by atoms with van der Waals surface area (Å²) in [6.45, 7) is -0.00974. The number of nitrogens with zero attached hydrogens (tertiary/aromatic N) is 3. The fraction of sp³-hybridized carbons (Fsp3) is 0.448. The Balaban J connectivity index is 1.35. The molecule has 40 heavy (non-hydrogen) atoms. The first kappa shape index (κ1) is 29.7. The largest absolute Gasteiger partial charge is 0.481 e. The lowest BCUT2D eigenvalue weighted by Gasteiger charge is -2.36. The van der Waals surface area contributed by atoms with Gasteiger partial charge in [-0.15, -0.1) is 10.2 Å². The van der Waals surface area contributed by atoms with Gasteiger partial charge in [-0.2, -0.15) is 0 Å². The number of aliphatic hydroxyl groups is 1. The zero-order valence-electron chi connectivity index (χ0n) is 22.6. The van der Waals surface area contributed by atoms with Gasteiger partial charge in [0.15, 0.2) is 11.4 Å². The van der Waals surface area contributed by atoms with E-state index in [9.17, 15) is 14.7 Å². The number of hydrogen-bond donors (Lipinski definition) is 3. The second-order valence-electron chi connectivity index (χ2n) is 9.86. The zero-order chi connectivity index (χ0) is 28.3. The molecule has 11 heteroatoms. The van der Waals surface area contributed by atoms with Crippen molar-refractivity contribution in [3.8, 4) is 0 Å². The summed E-state index contributed by atoms with van der Waals surface area (Å²) in [5.74, 6) is -0.167. The molecule has 1 aromatic heterocycles. The number of thioether (sulfide) groups is 1. The Morgan fingerprint density at radius 3 is 2.35 bits per heavy atom. The first-order chi connectivity index (χ1) is 19.4. The molecule has 2 aromatic carbocycles. The molecule has 3 N–H and O–H groups in total. The number of benzene rings is 2. The van der Waals surface area contributed by atoms with E-state index >= 15 is 0 Å². The van der Waals surface area contributed by atoms with Gasteiger partial charge in [0.2, 0.25) is 5.91 Å². The van der Waals surface area contributed by atoms with Crippen molar-refractivity contribution < 1.29 is 29.3 Å². The van der Waals surface area contributed by atoms with Crippen molar-refractivity contribution >= 4 is 29.3 Å². The number of carbonyl (C=O) groups is 2. The number of aryl methyl sites for hydroxylation is 1. The van der Waals surface area contributed by atoms with Crippen molar-refractivity contribution in [1.29, 1.82) is 0 Å². The van der Waals surface area contributed by atoms with E-state index < -0.39 is 12.3 Å². The van der Waals surface area contributed by atoms with Gasteiger partial charge in [0, 0.05) is 43.3 Å². The number of anilines is 1. The van der Waals surface area contributed by atoms with Crippen molar-refractivity contribution in [2.75, 3.05) is 11.1 Å². The minimum absolute atomic E-state index is 0.00974. The van der Waals surface area contributed by atoms with Crippen molar-refractivity contribution in [3.63, 3.8) is 0 Å². The molecule has 10 nitrogen and oxygen atoms in total. The average Bonchev–Trinajstić information content (AvgIpc) is 3.38. The standard InChI is InChI=1S/C29H36N4O6S/c1-33-19-30-32-29(33)40-18-24-16-25(21-10-8-20(17-34)9-11-21)39-28(38-24)22-12-14-23(15-13-22)31-26(35)6-4-2-3-5-7-27(36)37/h8-15,19,24-25,28,34H,2-7,16-18H2,1H3,(H,31,35)(H,36,37)/t24-,25+,28+/m1/s1. The molecule has 1 aliphatic rings. The van der Waals surface area contributed by atoms with Gasteiger partial charge < -0.3 is 29.6 Å². The number of aliphatic carboxylic acids is 1. The van der Waals surface area contributed by atoms with Crippen LogP contribution < -0.4 is 5.32 Å². The number of carboxylic acids is 1. The highest BCUT2D eigenvalue weighted by atomic mass is 32.2. The Hall–Kier alpha value is -3.25. The highest BCUT2D eigenvalue weighted by Gasteiger charge is 2.32. The Labute approximate surface area is 238 Å². The number of aromatic nitrogens is 3. The van der Waals surface area contributed by atoms with E-state index in [-0.39, 0.29) is 31.1 Å². The Bertz CT molecular complexity index is 1230. The monoisotopic (exact) mass is 568 g/mol. The second-order valence-corrected chi connectivity index (χ2v) is 10.9. The van der Waals surface area contributed by atoms with Crippen LogP contribution in [0.5, 0.6) is 0 Å². The molecule has 0 aliphatic carbocycles. The van der Waals surface area contributed by atoms with Gasteiger partial charge in [-0.3, -0.25) is 9.59 Å². The number of amides is 1. The molecule has 0 spiro atoms. The topological polar surface area (TPSA) is 136 Å². The SMILES string of the molecule is Cn1cnnc1SC[C@H]1C[C@@H](c2ccc(CO)cc2)O[C@@H](c2ccc(NC(=O)CCCCCCC(=O)O)cc2)O1.